The second-order valence-electron chi connectivity index (χ2n) is 5.40. The molecule has 0 unspecified atom stereocenters. The Balaban J connectivity index is 0.00000147. The lowest BCUT2D eigenvalue weighted by Gasteiger charge is -2.42. The van der Waals surface area contributed by atoms with Gasteiger partial charge in [0.1, 0.15) is 26.2 Å². The van der Waals surface area contributed by atoms with Gasteiger partial charge in [-0.05, 0) is 0 Å². The van der Waals surface area contributed by atoms with Gasteiger partial charge in [-0.2, -0.15) is 0 Å². The summed E-state index contributed by atoms with van der Waals surface area (Å²) in [5, 5.41) is 0. The third-order valence-corrected chi connectivity index (χ3v) is 4.01. The molecular formula is C15H22BrNO3. The van der Waals surface area contributed by atoms with Gasteiger partial charge in [0.15, 0.2) is 0 Å². The highest BCUT2D eigenvalue weighted by Crippen LogP contribution is 2.21. The van der Waals surface area contributed by atoms with Gasteiger partial charge < -0.3 is 35.7 Å². The summed E-state index contributed by atoms with van der Waals surface area (Å²) in [7, 11) is 0. The molecule has 2 aliphatic heterocycles. The maximum Gasteiger partial charge on any atom is 0.207 e. The largest absolute Gasteiger partial charge is 1.00 e. The lowest BCUT2D eigenvalue weighted by Crippen LogP contribution is -3.00. The second-order valence-corrected chi connectivity index (χ2v) is 5.40. The van der Waals surface area contributed by atoms with Gasteiger partial charge in [-0.1, -0.05) is 30.3 Å². The number of quaternary nitrogens is 1. The Morgan fingerprint density at radius 1 is 0.950 bits per heavy atom. The average Bonchev–Trinajstić information content (AvgIpc) is 2.93. The van der Waals surface area contributed by atoms with Crippen LogP contribution in [0.3, 0.4) is 0 Å². The quantitative estimate of drug-likeness (QED) is 0.617. The van der Waals surface area contributed by atoms with Gasteiger partial charge in [0, 0.05) is 5.56 Å². The van der Waals surface area contributed by atoms with E-state index in [-0.39, 0.29) is 23.3 Å². The number of nitrogens with zero attached hydrogens (tertiary/aromatic N) is 1. The predicted molar refractivity (Wildman–Crippen MR) is 71.5 cm³/mol. The first-order chi connectivity index (χ1) is 9.36. The first-order valence-corrected chi connectivity index (χ1v) is 7.06. The Kier molecular flexibility index (Phi) is 5.99. The Bertz CT molecular complexity index is 389. The van der Waals surface area contributed by atoms with Crippen LogP contribution >= 0.6 is 0 Å². The number of benzene rings is 1. The summed E-state index contributed by atoms with van der Waals surface area (Å²) in [6, 6.07) is 10.7. The number of ether oxygens (including phenoxy) is 3. The van der Waals surface area contributed by atoms with Crippen molar-refractivity contribution >= 4 is 0 Å². The molecule has 1 aromatic carbocycles. The van der Waals surface area contributed by atoms with E-state index in [1.54, 1.807) is 0 Å². The smallest absolute Gasteiger partial charge is 0.207 e. The fourth-order valence-electron chi connectivity index (χ4n) is 2.94. The van der Waals surface area contributed by atoms with Crippen molar-refractivity contribution in [3.63, 3.8) is 0 Å². The van der Waals surface area contributed by atoms with Crippen LogP contribution < -0.4 is 17.0 Å². The van der Waals surface area contributed by atoms with Crippen LogP contribution in [0.15, 0.2) is 30.3 Å². The van der Waals surface area contributed by atoms with Crippen LogP contribution in [0.2, 0.25) is 0 Å². The highest BCUT2D eigenvalue weighted by Gasteiger charge is 2.35. The number of rotatable bonds is 4. The molecule has 5 heteroatoms. The van der Waals surface area contributed by atoms with Crippen LogP contribution in [0.25, 0.3) is 0 Å². The normalized spacial score (nSPS) is 22.4. The molecule has 0 radical (unpaired) electrons. The first-order valence-electron chi connectivity index (χ1n) is 7.06. The van der Waals surface area contributed by atoms with Crippen LogP contribution in [-0.2, 0) is 20.8 Å². The average molecular weight is 344 g/mol. The molecule has 0 spiro atoms. The summed E-state index contributed by atoms with van der Waals surface area (Å²) in [6.07, 6.45) is -0.0400. The third-order valence-electron chi connectivity index (χ3n) is 4.01. The van der Waals surface area contributed by atoms with E-state index >= 15 is 0 Å². The Morgan fingerprint density at radius 3 is 2.25 bits per heavy atom. The summed E-state index contributed by atoms with van der Waals surface area (Å²) in [5.41, 5.74) is 1.38. The summed E-state index contributed by atoms with van der Waals surface area (Å²) < 4.78 is 17.8. The topological polar surface area (TPSA) is 27.7 Å². The molecular weight excluding hydrogens is 322 g/mol. The van der Waals surface area contributed by atoms with Gasteiger partial charge in [-0.3, -0.25) is 0 Å². The van der Waals surface area contributed by atoms with Crippen molar-refractivity contribution in [3.05, 3.63) is 35.9 Å². The van der Waals surface area contributed by atoms with Crippen LogP contribution in [0.4, 0.5) is 0 Å². The number of morpholine rings is 1. The molecule has 3 rings (SSSR count). The molecule has 0 aromatic heterocycles. The van der Waals surface area contributed by atoms with Crippen LogP contribution in [0.1, 0.15) is 5.56 Å². The zero-order valence-corrected chi connectivity index (χ0v) is 13.3. The third kappa shape index (κ3) is 4.02. The molecule has 0 saturated carbocycles. The molecule has 0 amide bonds. The van der Waals surface area contributed by atoms with Gasteiger partial charge in [-0.15, -0.1) is 0 Å². The van der Waals surface area contributed by atoms with E-state index in [1.807, 2.05) is 0 Å². The summed E-state index contributed by atoms with van der Waals surface area (Å²) >= 11 is 0. The Labute approximate surface area is 131 Å². The van der Waals surface area contributed by atoms with Crippen molar-refractivity contribution in [3.8, 4) is 0 Å². The van der Waals surface area contributed by atoms with Gasteiger partial charge in [0.25, 0.3) is 0 Å². The van der Waals surface area contributed by atoms with Gasteiger partial charge in [-0.25, -0.2) is 0 Å². The van der Waals surface area contributed by atoms with E-state index in [9.17, 15) is 0 Å². The number of hydrogen-bond donors (Lipinski definition) is 0. The molecule has 2 saturated heterocycles. The lowest BCUT2D eigenvalue weighted by atomic mass is 10.1. The molecule has 20 heavy (non-hydrogen) atoms. The zero-order valence-electron chi connectivity index (χ0n) is 11.7. The summed E-state index contributed by atoms with van der Waals surface area (Å²) in [5.74, 6) is 0. The molecule has 0 bridgehead atoms. The molecule has 2 heterocycles. The van der Waals surface area contributed by atoms with Crippen LogP contribution in [0, 0.1) is 0 Å². The molecule has 0 aliphatic carbocycles. The second kappa shape index (κ2) is 7.52. The highest BCUT2D eigenvalue weighted by molar-refractivity contribution is 5.13. The maximum atomic E-state index is 5.64. The van der Waals surface area contributed by atoms with E-state index < -0.39 is 0 Å². The van der Waals surface area contributed by atoms with Crippen molar-refractivity contribution in [2.45, 2.75) is 12.8 Å². The van der Waals surface area contributed by atoms with E-state index in [0.717, 1.165) is 57.1 Å². The molecule has 1 aromatic rings. The maximum absolute atomic E-state index is 5.64. The van der Waals surface area contributed by atoms with Crippen LogP contribution in [0.5, 0.6) is 0 Å². The van der Waals surface area contributed by atoms with Gasteiger partial charge >= 0.3 is 0 Å². The summed E-state index contributed by atoms with van der Waals surface area (Å²) in [4.78, 5) is 0. The molecule has 0 atom stereocenters. The van der Waals surface area contributed by atoms with Crippen molar-refractivity contribution in [1.82, 2.24) is 0 Å². The standard InChI is InChI=1S/C15H22NO3.BrH/c1-2-4-14(5-3-1)12-16(6-8-17-9-7-16)13-15-18-10-11-19-15;/h1-5,15H,6-13H2;1H/q+1;/p-1. The van der Waals surface area contributed by atoms with Gasteiger partial charge in [0.2, 0.25) is 6.29 Å². The lowest BCUT2D eigenvalue weighted by molar-refractivity contribution is -0.952. The highest BCUT2D eigenvalue weighted by atomic mass is 79.9. The first kappa shape index (κ1) is 15.9. The van der Waals surface area contributed by atoms with Crippen molar-refractivity contribution in [2.75, 3.05) is 46.1 Å². The minimum atomic E-state index is -0.0400. The SMILES string of the molecule is [Br-].c1ccc(C[N+]2(CC3OCCO3)CCOCC2)cc1. The van der Waals surface area contributed by atoms with Crippen molar-refractivity contribution < 1.29 is 35.7 Å². The monoisotopic (exact) mass is 343 g/mol. The van der Waals surface area contributed by atoms with E-state index in [1.165, 1.54) is 5.56 Å². The molecule has 4 nitrogen and oxygen atoms in total. The fourth-order valence-corrected chi connectivity index (χ4v) is 2.94. The Hall–Kier alpha value is -0.460. The van der Waals surface area contributed by atoms with Crippen molar-refractivity contribution in [2.24, 2.45) is 0 Å². The molecule has 112 valence electrons. The van der Waals surface area contributed by atoms with Crippen LogP contribution in [-0.4, -0.2) is 56.8 Å². The van der Waals surface area contributed by atoms with Crippen molar-refractivity contribution in [1.29, 1.82) is 0 Å². The molecule has 0 N–H and O–H groups in total. The van der Waals surface area contributed by atoms with Gasteiger partial charge in [0.05, 0.1) is 26.4 Å². The number of hydrogen-bond acceptors (Lipinski definition) is 3. The number of halogens is 1. The van der Waals surface area contributed by atoms with E-state index in [0.29, 0.717) is 0 Å². The summed E-state index contributed by atoms with van der Waals surface area (Å²) in [6.45, 7) is 7.17. The minimum Gasteiger partial charge on any atom is -1.00 e. The predicted octanol–water partition coefficient (Wildman–Crippen LogP) is -1.59. The molecule has 2 fully saturated rings. The van der Waals surface area contributed by atoms with E-state index in [4.69, 9.17) is 14.2 Å². The Morgan fingerprint density at radius 2 is 1.60 bits per heavy atom. The fraction of sp³-hybridized carbons (Fsp3) is 0.600. The minimum absolute atomic E-state index is 0. The molecule has 2 aliphatic rings. The zero-order chi connectivity index (χ0) is 13.0. The van der Waals surface area contributed by atoms with E-state index in [2.05, 4.69) is 30.3 Å².